The van der Waals surface area contributed by atoms with E-state index in [1.165, 1.54) is 193 Å². The topological polar surface area (TPSA) is 78.9 Å². The Morgan fingerprint density at radius 2 is 0.507 bits per heavy atom. The van der Waals surface area contributed by atoms with Gasteiger partial charge in [0.2, 0.25) is 0 Å². The Bertz CT molecular complexity index is 1280. The van der Waals surface area contributed by atoms with E-state index in [2.05, 4.69) is 81.5 Å². The van der Waals surface area contributed by atoms with Crippen LogP contribution in [0.25, 0.3) is 0 Å². The molecule has 412 valence electrons. The lowest BCUT2D eigenvalue weighted by Gasteiger charge is -2.18. The van der Waals surface area contributed by atoms with E-state index < -0.39 is 6.10 Å². The molecule has 0 N–H and O–H groups in total. The molecule has 0 unspecified atom stereocenters. The van der Waals surface area contributed by atoms with Gasteiger partial charge in [0.15, 0.2) is 6.10 Å². The second-order valence-electron chi connectivity index (χ2n) is 20.6. The van der Waals surface area contributed by atoms with Gasteiger partial charge in [0.25, 0.3) is 0 Å². The standard InChI is InChI=1S/C65H116O6/c1-4-7-10-13-16-19-22-25-28-30-32-34-37-39-42-45-48-51-54-57-63(66)69-60-62(71-65(68)59-56-53-50-47-44-41-36-27-24-21-18-15-12-9-6-3)61-70-64(67)58-55-52-49-46-43-40-38-35-33-31-29-26-23-20-17-14-11-8-5-2/h16,19,25-26,28-29,32,34,39,42,62H,4-15,17-18,20-24,27,30-31,33,35-38,40-41,43-61H2,1-3H3/b19-16-,28-25-,29-26-,34-32-,42-39-/t62-/m1/s1. The van der Waals surface area contributed by atoms with Crippen molar-refractivity contribution in [1.82, 2.24) is 0 Å². The van der Waals surface area contributed by atoms with Crippen LogP contribution in [-0.2, 0) is 28.6 Å². The van der Waals surface area contributed by atoms with E-state index in [1.807, 2.05) is 0 Å². The molecular formula is C65H116O6. The van der Waals surface area contributed by atoms with Crippen molar-refractivity contribution in [1.29, 1.82) is 0 Å². The molecule has 0 aromatic carbocycles. The molecule has 6 heteroatoms. The van der Waals surface area contributed by atoms with Crippen LogP contribution in [0.2, 0.25) is 0 Å². The Balaban J connectivity index is 4.40. The van der Waals surface area contributed by atoms with Gasteiger partial charge >= 0.3 is 17.9 Å². The quantitative estimate of drug-likeness (QED) is 0.0261. The van der Waals surface area contributed by atoms with E-state index in [0.29, 0.717) is 19.3 Å². The molecular weight excluding hydrogens is 877 g/mol. The Morgan fingerprint density at radius 3 is 0.845 bits per heavy atom. The van der Waals surface area contributed by atoms with Crippen LogP contribution in [0.4, 0.5) is 0 Å². The highest BCUT2D eigenvalue weighted by atomic mass is 16.6. The van der Waals surface area contributed by atoms with Gasteiger partial charge in [0, 0.05) is 19.3 Å². The van der Waals surface area contributed by atoms with Crippen LogP contribution in [0.15, 0.2) is 60.8 Å². The molecule has 0 saturated carbocycles. The average molecular weight is 994 g/mol. The zero-order chi connectivity index (χ0) is 51.4. The molecule has 0 fully saturated rings. The molecule has 0 spiro atoms. The van der Waals surface area contributed by atoms with Crippen LogP contribution in [-0.4, -0.2) is 37.2 Å². The van der Waals surface area contributed by atoms with Gasteiger partial charge in [0.05, 0.1) is 0 Å². The number of rotatable bonds is 56. The highest BCUT2D eigenvalue weighted by Gasteiger charge is 2.19. The number of hydrogen-bond acceptors (Lipinski definition) is 6. The van der Waals surface area contributed by atoms with Gasteiger partial charge in [0.1, 0.15) is 13.2 Å². The summed E-state index contributed by atoms with van der Waals surface area (Å²) in [6.07, 6.45) is 75.0. The van der Waals surface area contributed by atoms with Gasteiger partial charge in [-0.3, -0.25) is 14.4 Å². The molecule has 0 radical (unpaired) electrons. The third-order valence-electron chi connectivity index (χ3n) is 13.5. The summed E-state index contributed by atoms with van der Waals surface area (Å²) in [5, 5.41) is 0. The van der Waals surface area contributed by atoms with Crippen molar-refractivity contribution in [3.05, 3.63) is 60.8 Å². The van der Waals surface area contributed by atoms with Gasteiger partial charge in [-0.1, -0.05) is 268 Å². The van der Waals surface area contributed by atoms with Crippen LogP contribution < -0.4 is 0 Å². The highest BCUT2D eigenvalue weighted by Crippen LogP contribution is 2.16. The summed E-state index contributed by atoms with van der Waals surface area (Å²) in [6, 6.07) is 0. The summed E-state index contributed by atoms with van der Waals surface area (Å²) >= 11 is 0. The molecule has 0 aliphatic heterocycles. The van der Waals surface area contributed by atoms with Crippen LogP contribution >= 0.6 is 0 Å². The Kier molecular flexibility index (Phi) is 57.2. The van der Waals surface area contributed by atoms with Crippen LogP contribution in [0, 0.1) is 0 Å². The zero-order valence-electron chi connectivity index (χ0n) is 47.2. The van der Waals surface area contributed by atoms with Crippen molar-refractivity contribution < 1.29 is 28.6 Å². The summed E-state index contributed by atoms with van der Waals surface area (Å²) in [5.74, 6) is -0.900. The monoisotopic (exact) mass is 993 g/mol. The van der Waals surface area contributed by atoms with E-state index in [-0.39, 0.29) is 31.1 Å². The lowest BCUT2D eigenvalue weighted by atomic mass is 10.0. The summed E-state index contributed by atoms with van der Waals surface area (Å²) in [5.41, 5.74) is 0. The molecule has 0 aromatic heterocycles. The van der Waals surface area contributed by atoms with Gasteiger partial charge in [-0.15, -0.1) is 0 Å². The summed E-state index contributed by atoms with van der Waals surface area (Å²) in [4.78, 5) is 38.2. The minimum Gasteiger partial charge on any atom is -0.462 e. The van der Waals surface area contributed by atoms with Crippen molar-refractivity contribution >= 4 is 17.9 Å². The highest BCUT2D eigenvalue weighted by molar-refractivity contribution is 5.71. The minimum absolute atomic E-state index is 0.0826. The van der Waals surface area contributed by atoms with Crippen molar-refractivity contribution in [2.75, 3.05) is 13.2 Å². The molecule has 0 amide bonds. The first-order valence-corrected chi connectivity index (χ1v) is 30.8. The Hall–Kier alpha value is -2.89. The molecule has 0 aromatic rings. The smallest absolute Gasteiger partial charge is 0.306 e. The maximum Gasteiger partial charge on any atom is 0.306 e. The summed E-state index contributed by atoms with van der Waals surface area (Å²) < 4.78 is 16.9. The molecule has 6 nitrogen and oxygen atoms in total. The van der Waals surface area contributed by atoms with Crippen LogP contribution in [0.1, 0.15) is 316 Å². The third-order valence-corrected chi connectivity index (χ3v) is 13.5. The maximum absolute atomic E-state index is 12.9. The largest absolute Gasteiger partial charge is 0.462 e. The number of esters is 3. The van der Waals surface area contributed by atoms with Gasteiger partial charge in [-0.05, 0) is 89.9 Å². The Morgan fingerprint density at radius 1 is 0.282 bits per heavy atom. The minimum atomic E-state index is -0.787. The normalized spacial score (nSPS) is 12.4. The van der Waals surface area contributed by atoms with E-state index in [0.717, 1.165) is 83.5 Å². The van der Waals surface area contributed by atoms with E-state index in [1.54, 1.807) is 0 Å². The molecule has 1 atom stereocenters. The van der Waals surface area contributed by atoms with E-state index >= 15 is 0 Å². The predicted octanol–water partition coefficient (Wildman–Crippen LogP) is 20.8. The number of ether oxygens (including phenoxy) is 3. The maximum atomic E-state index is 12.9. The Labute approximate surface area is 440 Å². The number of carbonyl (C=O) groups excluding carboxylic acids is 3. The second kappa shape index (κ2) is 59.7. The summed E-state index contributed by atoms with van der Waals surface area (Å²) in [7, 11) is 0. The van der Waals surface area contributed by atoms with Gasteiger partial charge in [-0.25, -0.2) is 0 Å². The van der Waals surface area contributed by atoms with Gasteiger partial charge in [-0.2, -0.15) is 0 Å². The van der Waals surface area contributed by atoms with E-state index in [9.17, 15) is 14.4 Å². The molecule has 0 aliphatic carbocycles. The lowest BCUT2D eigenvalue weighted by Crippen LogP contribution is -2.30. The van der Waals surface area contributed by atoms with Gasteiger partial charge < -0.3 is 14.2 Å². The average Bonchev–Trinajstić information content (AvgIpc) is 3.37. The van der Waals surface area contributed by atoms with Crippen LogP contribution in [0.3, 0.4) is 0 Å². The number of allylic oxidation sites excluding steroid dienone is 10. The zero-order valence-corrected chi connectivity index (χ0v) is 47.2. The molecule has 0 rings (SSSR count). The number of unbranched alkanes of at least 4 members (excludes halogenated alkanes) is 35. The number of hydrogen-bond donors (Lipinski definition) is 0. The number of carbonyl (C=O) groups is 3. The van der Waals surface area contributed by atoms with E-state index in [4.69, 9.17) is 14.2 Å². The third kappa shape index (κ3) is 57.9. The van der Waals surface area contributed by atoms with Crippen molar-refractivity contribution in [3.8, 4) is 0 Å². The second-order valence-corrected chi connectivity index (χ2v) is 20.6. The van der Waals surface area contributed by atoms with Crippen molar-refractivity contribution in [2.24, 2.45) is 0 Å². The predicted molar refractivity (Wildman–Crippen MR) is 307 cm³/mol. The fraction of sp³-hybridized carbons (Fsp3) is 0.800. The summed E-state index contributed by atoms with van der Waals surface area (Å²) in [6.45, 7) is 6.62. The molecule has 0 aliphatic rings. The van der Waals surface area contributed by atoms with Crippen LogP contribution in [0.5, 0.6) is 0 Å². The lowest BCUT2D eigenvalue weighted by molar-refractivity contribution is -0.167. The first kappa shape index (κ1) is 68.1. The fourth-order valence-corrected chi connectivity index (χ4v) is 8.83. The molecule has 0 heterocycles. The SMILES string of the molecule is CCCCC/C=C\C/C=C\C/C=C\C/C=C\CCCCCC(=O)OC[C@H](COC(=O)CCCCCCCCCCC/C=C\CCCCCCCC)OC(=O)CCCCCCCCCCCCCCCCC. The fourth-order valence-electron chi connectivity index (χ4n) is 8.83. The first-order chi connectivity index (χ1) is 35.0. The molecule has 0 saturated heterocycles. The van der Waals surface area contributed by atoms with Crippen molar-refractivity contribution in [2.45, 2.75) is 322 Å². The van der Waals surface area contributed by atoms with Crippen molar-refractivity contribution in [3.63, 3.8) is 0 Å². The molecule has 71 heavy (non-hydrogen) atoms. The molecule has 0 bridgehead atoms. The first-order valence-electron chi connectivity index (χ1n) is 30.8.